The minimum atomic E-state index is 0.522. The number of aryl methyl sites for hydroxylation is 1. The maximum Gasteiger partial charge on any atom is 0.223 e. The van der Waals surface area contributed by atoms with Gasteiger partial charge in [-0.15, -0.1) is 0 Å². The van der Waals surface area contributed by atoms with E-state index in [1.807, 2.05) is 0 Å². The summed E-state index contributed by atoms with van der Waals surface area (Å²) in [6.07, 6.45) is 10.6. The number of nitrogens with zero attached hydrogens (tertiary/aromatic N) is 3. The molecule has 0 saturated heterocycles. The van der Waals surface area contributed by atoms with E-state index in [2.05, 4.69) is 32.7 Å². The molecule has 1 rings (SSSR count). The second kappa shape index (κ2) is 12.0. The second-order valence-corrected chi connectivity index (χ2v) is 5.56. The van der Waals surface area contributed by atoms with Gasteiger partial charge in [0.05, 0.1) is 6.54 Å². The van der Waals surface area contributed by atoms with E-state index in [1.54, 1.807) is 14.0 Å². The van der Waals surface area contributed by atoms with Crippen LogP contribution in [0.1, 0.15) is 70.0 Å². The fraction of sp³-hybridized carbons (Fsp3) is 0.812. The molecule has 0 aromatic carbocycles. The number of unbranched alkanes of at least 4 members (excludes halogenated alkanes) is 7. The lowest BCUT2D eigenvalue weighted by Crippen LogP contribution is -2.37. The molecule has 1 aromatic heterocycles. The third kappa shape index (κ3) is 8.64. The monoisotopic (exact) mass is 309 g/mol. The van der Waals surface area contributed by atoms with Crippen LogP contribution in [-0.4, -0.2) is 29.7 Å². The van der Waals surface area contributed by atoms with Gasteiger partial charge in [0.1, 0.15) is 0 Å². The Balaban J connectivity index is 2.00. The average molecular weight is 309 g/mol. The fourth-order valence-corrected chi connectivity index (χ4v) is 2.26. The first-order valence-corrected chi connectivity index (χ1v) is 8.50. The first kappa shape index (κ1) is 18.5. The van der Waals surface area contributed by atoms with Crippen LogP contribution >= 0.6 is 0 Å². The minimum absolute atomic E-state index is 0.522. The van der Waals surface area contributed by atoms with E-state index in [0.717, 1.165) is 12.5 Å². The molecule has 0 atom stereocenters. The van der Waals surface area contributed by atoms with E-state index in [4.69, 9.17) is 4.52 Å². The summed E-state index contributed by atoms with van der Waals surface area (Å²) in [5.74, 6) is 2.01. The van der Waals surface area contributed by atoms with Crippen molar-refractivity contribution in [3.63, 3.8) is 0 Å². The van der Waals surface area contributed by atoms with Crippen molar-refractivity contribution in [2.75, 3.05) is 13.6 Å². The molecule has 126 valence electrons. The average Bonchev–Trinajstić information content (AvgIpc) is 2.94. The Morgan fingerprint density at radius 3 is 2.32 bits per heavy atom. The highest BCUT2D eigenvalue weighted by Gasteiger charge is 2.03. The van der Waals surface area contributed by atoms with Gasteiger partial charge in [0, 0.05) is 20.5 Å². The first-order chi connectivity index (χ1) is 10.8. The standard InChI is InChI=1S/C16H31N5O/c1-4-5-6-7-8-9-10-11-12-18-16(17-3)19-13-15-20-14(2)22-21-15/h4-13H2,1-3H3,(H2,17,18,19). The van der Waals surface area contributed by atoms with Gasteiger partial charge in [0.15, 0.2) is 11.8 Å². The molecule has 1 aromatic rings. The summed E-state index contributed by atoms with van der Waals surface area (Å²) in [6, 6.07) is 0. The zero-order valence-corrected chi connectivity index (χ0v) is 14.3. The van der Waals surface area contributed by atoms with Gasteiger partial charge in [-0.3, -0.25) is 4.99 Å². The number of hydrogen-bond donors (Lipinski definition) is 2. The molecule has 0 fully saturated rings. The van der Waals surface area contributed by atoms with Crippen LogP contribution in [0, 0.1) is 6.92 Å². The van der Waals surface area contributed by atoms with Crippen LogP contribution in [0.3, 0.4) is 0 Å². The van der Waals surface area contributed by atoms with Gasteiger partial charge in [0.2, 0.25) is 5.89 Å². The summed E-state index contributed by atoms with van der Waals surface area (Å²) in [5.41, 5.74) is 0. The zero-order chi connectivity index (χ0) is 16.0. The highest BCUT2D eigenvalue weighted by atomic mass is 16.5. The van der Waals surface area contributed by atoms with Crippen molar-refractivity contribution in [1.82, 2.24) is 20.8 Å². The van der Waals surface area contributed by atoms with Crippen LogP contribution in [0.25, 0.3) is 0 Å². The Morgan fingerprint density at radius 2 is 1.73 bits per heavy atom. The van der Waals surface area contributed by atoms with Gasteiger partial charge in [0.25, 0.3) is 0 Å². The van der Waals surface area contributed by atoms with Crippen LogP contribution in [0.5, 0.6) is 0 Å². The van der Waals surface area contributed by atoms with E-state index < -0.39 is 0 Å². The van der Waals surface area contributed by atoms with Gasteiger partial charge in [-0.2, -0.15) is 4.98 Å². The molecule has 0 spiro atoms. The SMILES string of the molecule is CCCCCCCCCCNC(=NC)NCc1noc(C)n1. The highest BCUT2D eigenvalue weighted by Crippen LogP contribution is 2.07. The molecule has 0 amide bonds. The Kier molecular flexibility index (Phi) is 10.1. The van der Waals surface area contributed by atoms with Crippen molar-refractivity contribution >= 4 is 5.96 Å². The highest BCUT2D eigenvalue weighted by molar-refractivity contribution is 5.79. The van der Waals surface area contributed by atoms with Crippen molar-refractivity contribution in [3.8, 4) is 0 Å². The van der Waals surface area contributed by atoms with E-state index in [-0.39, 0.29) is 0 Å². The predicted molar refractivity (Wildman–Crippen MR) is 89.8 cm³/mol. The number of aromatic nitrogens is 2. The summed E-state index contributed by atoms with van der Waals surface area (Å²) < 4.78 is 4.93. The second-order valence-electron chi connectivity index (χ2n) is 5.56. The summed E-state index contributed by atoms with van der Waals surface area (Å²) in [4.78, 5) is 8.33. The molecule has 0 aliphatic rings. The van der Waals surface area contributed by atoms with Crippen LogP contribution < -0.4 is 10.6 Å². The lowest BCUT2D eigenvalue weighted by atomic mass is 10.1. The van der Waals surface area contributed by atoms with E-state index in [9.17, 15) is 0 Å². The minimum Gasteiger partial charge on any atom is -0.356 e. The molecule has 0 aliphatic carbocycles. The van der Waals surface area contributed by atoms with Gasteiger partial charge < -0.3 is 15.2 Å². The number of aliphatic imine (C=N–C) groups is 1. The first-order valence-electron chi connectivity index (χ1n) is 8.50. The number of guanidine groups is 1. The van der Waals surface area contributed by atoms with Crippen LogP contribution in [-0.2, 0) is 6.54 Å². The summed E-state index contributed by atoms with van der Waals surface area (Å²) in [6.45, 7) is 5.51. The Labute approximate surface area is 134 Å². The number of hydrogen-bond acceptors (Lipinski definition) is 4. The van der Waals surface area contributed by atoms with Crippen molar-refractivity contribution in [2.24, 2.45) is 4.99 Å². The molecule has 1 heterocycles. The molecule has 0 aliphatic heterocycles. The molecular formula is C16H31N5O. The lowest BCUT2D eigenvalue weighted by Gasteiger charge is -2.10. The zero-order valence-electron chi connectivity index (χ0n) is 14.3. The Morgan fingerprint density at radius 1 is 1.05 bits per heavy atom. The maximum atomic E-state index is 4.93. The van der Waals surface area contributed by atoms with E-state index in [1.165, 1.54) is 51.4 Å². The Bertz CT molecular complexity index is 416. The van der Waals surface area contributed by atoms with Gasteiger partial charge in [-0.25, -0.2) is 0 Å². The summed E-state index contributed by atoms with van der Waals surface area (Å²) >= 11 is 0. The third-order valence-corrected chi connectivity index (χ3v) is 3.53. The molecule has 22 heavy (non-hydrogen) atoms. The predicted octanol–water partition coefficient (Wildman–Crippen LogP) is 3.18. The largest absolute Gasteiger partial charge is 0.356 e. The normalized spacial score (nSPS) is 11.7. The van der Waals surface area contributed by atoms with Crippen LogP contribution in [0.4, 0.5) is 0 Å². The van der Waals surface area contributed by atoms with Crippen molar-refractivity contribution < 1.29 is 4.52 Å². The Hall–Kier alpha value is -1.59. The molecule has 0 bridgehead atoms. The molecular weight excluding hydrogens is 278 g/mol. The van der Waals surface area contributed by atoms with Gasteiger partial charge >= 0.3 is 0 Å². The van der Waals surface area contributed by atoms with Crippen LogP contribution in [0.2, 0.25) is 0 Å². The molecule has 0 saturated carbocycles. The lowest BCUT2D eigenvalue weighted by molar-refractivity contribution is 0.387. The van der Waals surface area contributed by atoms with Crippen molar-refractivity contribution in [3.05, 3.63) is 11.7 Å². The molecule has 6 heteroatoms. The van der Waals surface area contributed by atoms with Crippen molar-refractivity contribution in [2.45, 2.75) is 71.8 Å². The molecule has 6 nitrogen and oxygen atoms in total. The third-order valence-electron chi connectivity index (χ3n) is 3.53. The molecule has 2 N–H and O–H groups in total. The van der Waals surface area contributed by atoms with E-state index >= 15 is 0 Å². The molecule has 0 unspecified atom stereocenters. The fourth-order valence-electron chi connectivity index (χ4n) is 2.26. The number of rotatable bonds is 11. The maximum absolute atomic E-state index is 4.93. The van der Waals surface area contributed by atoms with E-state index in [0.29, 0.717) is 18.3 Å². The quantitative estimate of drug-likeness (QED) is 0.373. The van der Waals surface area contributed by atoms with Crippen molar-refractivity contribution in [1.29, 1.82) is 0 Å². The smallest absolute Gasteiger partial charge is 0.223 e. The summed E-state index contributed by atoms with van der Waals surface area (Å²) in [5, 5.41) is 10.3. The molecule has 0 radical (unpaired) electrons. The van der Waals surface area contributed by atoms with Gasteiger partial charge in [-0.1, -0.05) is 57.0 Å². The number of nitrogens with one attached hydrogen (secondary N) is 2. The van der Waals surface area contributed by atoms with Gasteiger partial charge in [-0.05, 0) is 6.42 Å². The topological polar surface area (TPSA) is 75.3 Å². The van der Waals surface area contributed by atoms with Crippen LogP contribution in [0.15, 0.2) is 9.52 Å². The summed E-state index contributed by atoms with van der Waals surface area (Å²) in [7, 11) is 1.77.